The Morgan fingerprint density at radius 3 is 2.85 bits per heavy atom. The number of hydrogen-bond donors (Lipinski definition) is 1. The number of nitrogens with zero attached hydrogens (tertiary/aromatic N) is 1. The van der Waals surface area contributed by atoms with Gasteiger partial charge in [-0.25, -0.2) is 0 Å². The molecule has 4 heteroatoms. The highest BCUT2D eigenvalue weighted by Gasteiger charge is 2.29. The molecule has 2 heterocycles. The van der Waals surface area contributed by atoms with E-state index in [2.05, 4.69) is 30.9 Å². The van der Waals surface area contributed by atoms with Gasteiger partial charge in [-0.2, -0.15) is 0 Å². The topological polar surface area (TPSA) is 47.7 Å². The zero-order valence-electron chi connectivity index (χ0n) is 12.3. The molecule has 0 aromatic heterocycles. The monoisotopic (exact) mass is 276 g/mol. The molecule has 0 amide bonds. The largest absolute Gasteiger partial charge is 0.454 e. The Bertz CT molecular complexity index is 468. The lowest BCUT2D eigenvalue weighted by atomic mass is 10.0. The first-order chi connectivity index (χ1) is 9.63. The summed E-state index contributed by atoms with van der Waals surface area (Å²) in [4.78, 5) is 2.52. The van der Waals surface area contributed by atoms with E-state index in [0.717, 1.165) is 37.4 Å². The third-order valence-corrected chi connectivity index (χ3v) is 4.61. The Morgan fingerprint density at radius 2 is 2.10 bits per heavy atom. The Balaban J connectivity index is 1.54. The number of hydrogen-bond acceptors (Lipinski definition) is 4. The van der Waals surface area contributed by atoms with Crippen molar-refractivity contribution in [3.63, 3.8) is 0 Å². The van der Waals surface area contributed by atoms with Crippen LogP contribution in [-0.4, -0.2) is 36.9 Å². The van der Waals surface area contributed by atoms with Gasteiger partial charge in [-0.3, -0.25) is 4.90 Å². The summed E-state index contributed by atoms with van der Waals surface area (Å²) in [5.41, 5.74) is 7.42. The molecule has 0 aliphatic carbocycles. The minimum atomic E-state index is 0.336. The van der Waals surface area contributed by atoms with Crippen molar-refractivity contribution < 1.29 is 9.47 Å². The van der Waals surface area contributed by atoms with Crippen LogP contribution in [0.2, 0.25) is 0 Å². The summed E-state index contributed by atoms with van der Waals surface area (Å²) in [5, 5.41) is 0. The lowest BCUT2D eigenvalue weighted by Crippen LogP contribution is -2.34. The minimum absolute atomic E-state index is 0.336. The molecule has 1 aromatic carbocycles. The molecule has 20 heavy (non-hydrogen) atoms. The standard InChI is InChI=1S/C16H24N2O2/c1-11-8-18(9-14(11)17)12(2)3-4-13-5-6-15-16(7-13)20-10-19-15/h5-7,11-12,14H,3-4,8-10,17H2,1-2H3. The van der Waals surface area contributed by atoms with E-state index in [0.29, 0.717) is 24.8 Å². The van der Waals surface area contributed by atoms with Gasteiger partial charge in [0.1, 0.15) is 0 Å². The van der Waals surface area contributed by atoms with Crippen LogP contribution in [0, 0.1) is 5.92 Å². The molecule has 3 rings (SSSR count). The molecule has 0 radical (unpaired) electrons. The van der Waals surface area contributed by atoms with E-state index < -0.39 is 0 Å². The van der Waals surface area contributed by atoms with Gasteiger partial charge in [-0.05, 0) is 43.4 Å². The normalized spacial score (nSPS) is 26.9. The average molecular weight is 276 g/mol. The lowest BCUT2D eigenvalue weighted by Gasteiger charge is -2.24. The Hall–Kier alpha value is -1.26. The van der Waals surface area contributed by atoms with E-state index in [-0.39, 0.29) is 0 Å². The summed E-state index contributed by atoms with van der Waals surface area (Å²) in [6.45, 7) is 7.05. The van der Waals surface area contributed by atoms with Crippen molar-refractivity contribution in [1.82, 2.24) is 4.90 Å². The fraction of sp³-hybridized carbons (Fsp3) is 0.625. The fourth-order valence-corrected chi connectivity index (χ4v) is 3.05. The van der Waals surface area contributed by atoms with Gasteiger partial charge >= 0.3 is 0 Å². The van der Waals surface area contributed by atoms with Crippen LogP contribution in [0.15, 0.2) is 18.2 Å². The summed E-state index contributed by atoms with van der Waals surface area (Å²) in [6.07, 6.45) is 2.22. The number of aryl methyl sites for hydroxylation is 1. The van der Waals surface area contributed by atoms with Crippen molar-refractivity contribution in [3.05, 3.63) is 23.8 Å². The minimum Gasteiger partial charge on any atom is -0.454 e. The first-order valence-corrected chi connectivity index (χ1v) is 7.51. The number of ether oxygens (including phenoxy) is 2. The van der Waals surface area contributed by atoms with Crippen molar-refractivity contribution in [2.45, 2.75) is 38.8 Å². The number of benzene rings is 1. The van der Waals surface area contributed by atoms with Crippen molar-refractivity contribution in [2.24, 2.45) is 11.7 Å². The third-order valence-electron chi connectivity index (χ3n) is 4.61. The molecule has 1 fully saturated rings. The Labute approximate surface area is 120 Å². The molecule has 110 valence electrons. The van der Waals surface area contributed by atoms with Crippen LogP contribution < -0.4 is 15.2 Å². The van der Waals surface area contributed by atoms with Gasteiger partial charge in [0, 0.05) is 25.2 Å². The van der Waals surface area contributed by atoms with Gasteiger partial charge in [0.25, 0.3) is 0 Å². The number of likely N-dealkylation sites (tertiary alicyclic amines) is 1. The molecule has 3 atom stereocenters. The molecule has 3 unspecified atom stereocenters. The molecule has 4 nitrogen and oxygen atoms in total. The zero-order valence-corrected chi connectivity index (χ0v) is 12.3. The van der Waals surface area contributed by atoms with E-state index in [4.69, 9.17) is 15.2 Å². The lowest BCUT2D eigenvalue weighted by molar-refractivity contribution is 0.174. The highest BCUT2D eigenvalue weighted by atomic mass is 16.7. The van der Waals surface area contributed by atoms with Gasteiger partial charge < -0.3 is 15.2 Å². The van der Waals surface area contributed by atoms with Gasteiger partial charge in [0.05, 0.1) is 0 Å². The molecule has 1 saturated heterocycles. The van der Waals surface area contributed by atoms with E-state index in [1.807, 2.05) is 6.07 Å². The second-order valence-corrected chi connectivity index (χ2v) is 6.17. The summed E-state index contributed by atoms with van der Waals surface area (Å²) in [5.74, 6) is 2.36. The fourth-order valence-electron chi connectivity index (χ4n) is 3.05. The summed E-state index contributed by atoms with van der Waals surface area (Å²) in [7, 11) is 0. The van der Waals surface area contributed by atoms with Crippen molar-refractivity contribution in [1.29, 1.82) is 0 Å². The van der Waals surface area contributed by atoms with Crippen LogP contribution in [0.3, 0.4) is 0 Å². The second kappa shape index (κ2) is 5.62. The third kappa shape index (κ3) is 2.76. The Kier molecular flexibility index (Phi) is 3.85. The van der Waals surface area contributed by atoms with Crippen LogP contribution in [0.5, 0.6) is 11.5 Å². The van der Waals surface area contributed by atoms with Gasteiger partial charge in [0.15, 0.2) is 11.5 Å². The molecule has 0 saturated carbocycles. The maximum Gasteiger partial charge on any atom is 0.231 e. The number of rotatable bonds is 4. The average Bonchev–Trinajstić information content (AvgIpc) is 3.03. The molecular weight excluding hydrogens is 252 g/mol. The van der Waals surface area contributed by atoms with Gasteiger partial charge in [0.2, 0.25) is 6.79 Å². The summed E-state index contributed by atoms with van der Waals surface area (Å²) < 4.78 is 10.8. The predicted octanol–water partition coefficient (Wildman–Crippen LogP) is 2.02. The number of nitrogens with two attached hydrogens (primary N) is 1. The maximum atomic E-state index is 6.10. The molecule has 2 N–H and O–H groups in total. The van der Waals surface area contributed by atoms with E-state index >= 15 is 0 Å². The highest BCUT2D eigenvalue weighted by Crippen LogP contribution is 2.33. The highest BCUT2D eigenvalue weighted by molar-refractivity contribution is 5.44. The Morgan fingerprint density at radius 1 is 1.30 bits per heavy atom. The van der Waals surface area contributed by atoms with E-state index in [1.54, 1.807) is 0 Å². The molecule has 0 bridgehead atoms. The van der Waals surface area contributed by atoms with E-state index in [9.17, 15) is 0 Å². The van der Waals surface area contributed by atoms with Gasteiger partial charge in [-0.1, -0.05) is 13.0 Å². The predicted molar refractivity (Wildman–Crippen MR) is 79.1 cm³/mol. The summed E-state index contributed by atoms with van der Waals surface area (Å²) in [6, 6.07) is 7.17. The maximum absolute atomic E-state index is 6.10. The SMILES string of the molecule is CC1CN(C(C)CCc2ccc3c(c2)OCO3)CC1N. The van der Waals surface area contributed by atoms with Crippen LogP contribution in [0.1, 0.15) is 25.8 Å². The van der Waals surface area contributed by atoms with Crippen molar-refractivity contribution >= 4 is 0 Å². The van der Waals surface area contributed by atoms with Crippen molar-refractivity contribution in [2.75, 3.05) is 19.9 Å². The van der Waals surface area contributed by atoms with Crippen LogP contribution >= 0.6 is 0 Å². The molecule has 2 aliphatic heterocycles. The zero-order chi connectivity index (χ0) is 14.1. The van der Waals surface area contributed by atoms with Crippen LogP contribution in [0.4, 0.5) is 0 Å². The quantitative estimate of drug-likeness (QED) is 0.914. The summed E-state index contributed by atoms with van der Waals surface area (Å²) >= 11 is 0. The smallest absolute Gasteiger partial charge is 0.231 e. The first kappa shape index (κ1) is 13.7. The molecule has 1 aromatic rings. The number of fused-ring (bicyclic) bond motifs is 1. The van der Waals surface area contributed by atoms with Gasteiger partial charge in [-0.15, -0.1) is 0 Å². The second-order valence-electron chi connectivity index (χ2n) is 6.17. The van der Waals surface area contributed by atoms with E-state index in [1.165, 1.54) is 5.56 Å². The van der Waals surface area contributed by atoms with Crippen LogP contribution in [0.25, 0.3) is 0 Å². The first-order valence-electron chi connectivity index (χ1n) is 7.51. The van der Waals surface area contributed by atoms with Crippen molar-refractivity contribution in [3.8, 4) is 11.5 Å². The molecule has 2 aliphatic rings. The van der Waals surface area contributed by atoms with Crippen LogP contribution in [-0.2, 0) is 6.42 Å². The molecular formula is C16H24N2O2. The molecule has 0 spiro atoms.